The average molecular weight is 667 g/mol. The van der Waals surface area contributed by atoms with Gasteiger partial charge in [-0.05, 0) is 61.2 Å². The smallest absolute Gasteiger partial charge is 0.251 e. The molecule has 4 atom stereocenters. The maximum atomic E-state index is 13.8. The predicted molar refractivity (Wildman–Crippen MR) is 175 cm³/mol. The summed E-state index contributed by atoms with van der Waals surface area (Å²) in [6, 6.07) is 17.5. The van der Waals surface area contributed by atoms with Gasteiger partial charge in [0.1, 0.15) is 11.5 Å². The van der Waals surface area contributed by atoms with Crippen LogP contribution in [-0.2, 0) is 23.0 Å². The van der Waals surface area contributed by atoms with Gasteiger partial charge in [0.15, 0.2) is 0 Å². The number of carbonyl (C=O) groups is 2. The molecule has 14 heteroatoms. The number of carbonyl (C=O) groups excluding carboxylic acids is 2. The normalized spacial score (nSPS) is 14.1. The number of nitrogens with zero attached hydrogens (tertiary/aromatic N) is 4. The molecule has 0 fully saturated rings. The molecule has 0 aliphatic heterocycles. The number of halogens is 1. The lowest BCUT2D eigenvalue weighted by molar-refractivity contribution is 0.0778. The summed E-state index contributed by atoms with van der Waals surface area (Å²) in [6.45, 7) is 3.46. The number of nitrogens with one attached hydrogen (secondary N) is 2. The third-order valence-corrected chi connectivity index (χ3v) is 8.96. The number of amides is 2. The lowest BCUT2D eigenvalue weighted by Gasteiger charge is -2.25. The molecule has 4 N–H and O–H groups in total. The molecule has 12 nitrogen and oxygen atoms in total. The number of aromatic nitrogens is 3. The van der Waals surface area contributed by atoms with E-state index in [1.165, 1.54) is 60.4 Å². The Morgan fingerprint density at radius 3 is 2.19 bits per heavy atom. The minimum atomic E-state index is -3.77. The molecule has 3 aromatic carbocycles. The van der Waals surface area contributed by atoms with Crippen LogP contribution in [0.4, 0.5) is 10.1 Å². The van der Waals surface area contributed by atoms with Gasteiger partial charge >= 0.3 is 0 Å². The van der Waals surface area contributed by atoms with Crippen molar-refractivity contribution >= 4 is 27.5 Å². The number of benzene rings is 3. The number of aliphatic hydroxyl groups excluding tert-OH is 2. The summed E-state index contributed by atoms with van der Waals surface area (Å²) in [4.78, 5) is 27.2. The van der Waals surface area contributed by atoms with Crippen LogP contribution < -0.4 is 14.9 Å². The van der Waals surface area contributed by atoms with Crippen LogP contribution in [0.3, 0.4) is 0 Å². The second-order valence-corrected chi connectivity index (χ2v) is 13.4. The van der Waals surface area contributed by atoms with E-state index in [0.717, 1.165) is 16.1 Å². The number of aliphatic hydroxyl groups is 2. The SMILES string of the molecule is CCC(O)c1cn(C[C@H](O)[C@H](Cc2ccccc2)NC(=O)c2cc(C(=O)N[C@H](C)c3ccc(F)cc3)cc(N(C)S(C)(=O)=O)c2)nn1. The van der Waals surface area contributed by atoms with E-state index in [1.807, 2.05) is 30.3 Å². The first-order valence-electron chi connectivity index (χ1n) is 15.0. The highest BCUT2D eigenvalue weighted by molar-refractivity contribution is 7.92. The minimum Gasteiger partial charge on any atom is -0.389 e. The molecule has 1 unspecified atom stereocenters. The first kappa shape index (κ1) is 35.2. The first-order valence-corrected chi connectivity index (χ1v) is 16.9. The van der Waals surface area contributed by atoms with Crippen molar-refractivity contribution in [1.29, 1.82) is 0 Å². The quantitative estimate of drug-likeness (QED) is 0.159. The Morgan fingerprint density at radius 2 is 1.60 bits per heavy atom. The maximum Gasteiger partial charge on any atom is 0.251 e. The van der Waals surface area contributed by atoms with Gasteiger partial charge in [-0.1, -0.05) is 54.6 Å². The largest absolute Gasteiger partial charge is 0.389 e. The first-order chi connectivity index (χ1) is 22.2. The van der Waals surface area contributed by atoms with Crippen LogP contribution in [0, 0.1) is 5.82 Å². The van der Waals surface area contributed by atoms with Crippen molar-refractivity contribution in [2.24, 2.45) is 0 Å². The van der Waals surface area contributed by atoms with Crippen LogP contribution in [-0.4, -0.2) is 70.9 Å². The fraction of sp³-hybridized carbons (Fsp3) is 0.333. The van der Waals surface area contributed by atoms with Crippen molar-refractivity contribution < 1.29 is 32.6 Å². The molecule has 0 bridgehead atoms. The molecular formula is C33H39FN6O6S. The summed E-state index contributed by atoms with van der Waals surface area (Å²) in [5, 5.41) is 35.0. The zero-order chi connectivity index (χ0) is 34.3. The van der Waals surface area contributed by atoms with E-state index in [-0.39, 0.29) is 29.8 Å². The van der Waals surface area contributed by atoms with Crippen molar-refractivity contribution in [3.8, 4) is 0 Å². The third kappa shape index (κ3) is 9.44. The average Bonchev–Trinajstić information content (AvgIpc) is 3.52. The van der Waals surface area contributed by atoms with Crippen molar-refractivity contribution in [2.45, 2.75) is 57.5 Å². The van der Waals surface area contributed by atoms with Crippen molar-refractivity contribution in [1.82, 2.24) is 25.6 Å². The van der Waals surface area contributed by atoms with E-state index in [2.05, 4.69) is 20.9 Å². The lowest BCUT2D eigenvalue weighted by atomic mass is 10.00. The van der Waals surface area contributed by atoms with Crippen LogP contribution in [0.15, 0.2) is 79.0 Å². The second-order valence-electron chi connectivity index (χ2n) is 11.4. The molecule has 2 amide bonds. The van der Waals surface area contributed by atoms with E-state index in [4.69, 9.17) is 0 Å². The summed E-state index contributed by atoms with van der Waals surface area (Å²) < 4.78 is 40.6. The topological polar surface area (TPSA) is 167 Å². The second kappa shape index (κ2) is 15.3. The van der Waals surface area contributed by atoms with Gasteiger partial charge in [-0.3, -0.25) is 13.9 Å². The molecule has 47 heavy (non-hydrogen) atoms. The summed E-state index contributed by atoms with van der Waals surface area (Å²) in [6.07, 6.45) is 1.24. The number of hydrogen-bond acceptors (Lipinski definition) is 8. The molecule has 0 aliphatic carbocycles. The Morgan fingerprint density at radius 1 is 0.979 bits per heavy atom. The van der Waals surface area contributed by atoms with Gasteiger partial charge in [0, 0.05) is 18.2 Å². The van der Waals surface area contributed by atoms with Crippen LogP contribution in [0.5, 0.6) is 0 Å². The summed E-state index contributed by atoms with van der Waals surface area (Å²) in [5.41, 5.74) is 1.90. The molecule has 1 aromatic heterocycles. The van der Waals surface area contributed by atoms with Gasteiger partial charge in [0.25, 0.3) is 11.8 Å². The zero-order valence-electron chi connectivity index (χ0n) is 26.5. The van der Waals surface area contributed by atoms with Gasteiger partial charge in [0.05, 0.1) is 49.0 Å². The predicted octanol–water partition coefficient (Wildman–Crippen LogP) is 3.15. The Kier molecular flexibility index (Phi) is 11.4. The fourth-order valence-corrected chi connectivity index (χ4v) is 5.34. The van der Waals surface area contributed by atoms with Crippen molar-refractivity contribution in [3.05, 3.63) is 113 Å². The van der Waals surface area contributed by atoms with Crippen LogP contribution in [0.1, 0.15) is 70.0 Å². The zero-order valence-corrected chi connectivity index (χ0v) is 27.4. The molecule has 250 valence electrons. The van der Waals surface area contributed by atoms with Gasteiger partial charge in [-0.25, -0.2) is 17.5 Å². The number of hydrogen-bond donors (Lipinski definition) is 4. The number of rotatable bonds is 14. The molecule has 0 radical (unpaired) electrons. The van der Waals surface area contributed by atoms with Crippen molar-refractivity contribution in [2.75, 3.05) is 17.6 Å². The van der Waals surface area contributed by atoms with Crippen LogP contribution >= 0.6 is 0 Å². The number of sulfonamides is 1. The minimum absolute atomic E-state index is 0.0156. The summed E-state index contributed by atoms with van der Waals surface area (Å²) >= 11 is 0. The Labute approximate surface area is 273 Å². The molecule has 4 rings (SSSR count). The monoisotopic (exact) mass is 666 g/mol. The van der Waals surface area contributed by atoms with Crippen molar-refractivity contribution in [3.63, 3.8) is 0 Å². The highest BCUT2D eigenvalue weighted by Gasteiger charge is 2.26. The van der Waals surface area contributed by atoms with E-state index < -0.39 is 51.9 Å². The maximum absolute atomic E-state index is 13.8. The van der Waals surface area contributed by atoms with Gasteiger partial charge in [-0.15, -0.1) is 5.10 Å². The Hall–Kier alpha value is -4.66. The highest BCUT2D eigenvalue weighted by Crippen LogP contribution is 2.23. The molecule has 0 aliphatic rings. The lowest BCUT2D eigenvalue weighted by Crippen LogP contribution is -2.46. The Balaban J connectivity index is 1.63. The third-order valence-electron chi connectivity index (χ3n) is 7.76. The van der Waals surface area contributed by atoms with E-state index in [0.29, 0.717) is 17.7 Å². The van der Waals surface area contributed by atoms with E-state index >= 15 is 0 Å². The van der Waals surface area contributed by atoms with Crippen LogP contribution in [0.2, 0.25) is 0 Å². The molecule has 0 spiro atoms. The molecule has 0 saturated carbocycles. The van der Waals surface area contributed by atoms with Gasteiger partial charge < -0.3 is 20.8 Å². The fourth-order valence-electron chi connectivity index (χ4n) is 4.85. The number of anilines is 1. The standard InChI is InChI=1S/C33H39FN6O6S/c1-5-30(41)29-19-40(38-37-29)20-31(42)28(15-22-9-7-6-8-10-22)36-33(44)25-16-24(17-27(18-25)39(3)47(4,45)46)32(43)35-21(2)23-11-13-26(34)14-12-23/h6-14,16-19,21,28,30-31,41-42H,5,15,20H2,1-4H3,(H,35,43)(H,36,44)/t21-,28+,30?,31+/m1/s1. The molecule has 4 aromatic rings. The van der Waals surface area contributed by atoms with Gasteiger partial charge in [-0.2, -0.15) is 0 Å². The molecular weight excluding hydrogens is 627 g/mol. The van der Waals surface area contributed by atoms with Crippen LogP contribution in [0.25, 0.3) is 0 Å². The summed E-state index contributed by atoms with van der Waals surface area (Å²) in [5.74, 6) is -1.66. The molecule has 1 heterocycles. The summed E-state index contributed by atoms with van der Waals surface area (Å²) in [7, 11) is -2.46. The van der Waals surface area contributed by atoms with E-state index in [9.17, 15) is 32.6 Å². The van der Waals surface area contributed by atoms with E-state index in [1.54, 1.807) is 13.8 Å². The molecule has 0 saturated heterocycles. The van der Waals surface area contributed by atoms with Gasteiger partial charge in [0.2, 0.25) is 10.0 Å². The highest BCUT2D eigenvalue weighted by atomic mass is 32.2. The Bertz CT molecular complexity index is 1780.